The Labute approximate surface area is 155 Å². The molecule has 0 amide bonds. The first-order chi connectivity index (χ1) is 13.4. The minimum absolute atomic E-state index is 0.608. The van der Waals surface area contributed by atoms with Crippen molar-refractivity contribution >= 4 is 10.9 Å². The predicted molar refractivity (Wildman–Crippen MR) is 102 cm³/mol. The fourth-order valence-corrected chi connectivity index (χ4v) is 3.39. The van der Waals surface area contributed by atoms with Gasteiger partial charge in [-0.15, -0.1) is 0 Å². The average molecular weight is 358 g/mol. The molecule has 5 rings (SSSR count). The van der Waals surface area contributed by atoms with Gasteiger partial charge < -0.3 is 18.2 Å². The third kappa shape index (κ3) is 2.97. The Kier molecular flexibility index (Phi) is 3.90. The smallest absolute Gasteiger partial charge is 0.201 e. The van der Waals surface area contributed by atoms with Gasteiger partial charge in [0.25, 0.3) is 0 Å². The van der Waals surface area contributed by atoms with Crippen LogP contribution in [0.15, 0.2) is 80.5 Å². The Balaban J connectivity index is 1.37. The van der Waals surface area contributed by atoms with E-state index in [4.69, 9.17) is 13.3 Å². The van der Waals surface area contributed by atoms with Gasteiger partial charge in [-0.3, -0.25) is 0 Å². The molecule has 0 radical (unpaired) electrons. The molecule has 0 spiro atoms. The molecule has 0 aliphatic heterocycles. The van der Waals surface area contributed by atoms with Gasteiger partial charge in [0, 0.05) is 23.5 Å². The maximum Gasteiger partial charge on any atom is 0.201 e. The first kappa shape index (κ1) is 15.8. The standard InChI is InChI=1S/C22H18N2O3/c1-2-8-17-16(7-1)15(14-23-17)6-3-11-20-24-21(18-9-4-12-25-18)22(27-20)19-10-5-13-26-19/h1-2,4-5,7-10,12-14,23H,3,6,11H2. The number of nitrogens with zero attached hydrogens (tertiary/aromatic N) is 1. The molecule has 0 unspecified atom stereocenters. The number of furan rings is 2. The molecule has 5 heteroatoms. The van der Waals surface area contributed by atoms with E-state index in [1.54, 1.807) is 12.5 Å². The summed E-state index contributed by atoms with van der Waals surface area (Å²) < 4.78 is 17.0. The number of aromatic amines is 1. The van der Waals surface area contributed by atoms with Crippen LogP contribution in [0.25, 0.3) is 33.9 Å². The van der Waals surface area contributed by atoms with Gasteiger partial charge in [-0.2, -0.15) is 0 Å². The predicted octanol–water partition coefficient (Wildman–Crippen LogP) is 5.85. The molecule has 27 heavy (non-hydrogen) atoms. The summed E-state index contributed by atoms with van der Waals surface area (Å²) in [4.78, 5) is 7.98. The van der Waals surface area contributed by atoms with E-state index >= 15 is 0 Å². The molecule has 0 aliphatic rings. The van der Waals surface area contributed by atoms with Gasteiger partial charge in [0.05, 0.1) is 12.5 Å². The Bertz CT molecular complexity index is 1100. The molecule has 4 aromatic heterocycles. The van der Waals surface area contributed by atoms with Crippen LogP contribution < -0.4 is 0 Å². The number of hydrogen-bond acceptors (Lipinski definition) is 4. The van der Waals surface area contributed by atoms with Crippen molar-refractivity contribution in [2.45, 2.75) is 19.3 Å². The van der Waals surface area contributed by atoms with Crippen molar-refractivity contribution in [1.29, 1.82) is 0 Å². The first-order valence-electron chi connectivity index (χ1n) is 9.01. The highest BCUT2D eigenvalue weighted by Crippen LogP contribution is 2.33. The molecule has 0 saturated heterocycles. The van der Waals surface area contributed by atoms with E-state index in [-0.39, 0.29) is 0 Å². The summed E-state index contributed by atoms with van der Waals surface area (Å²) in [7, 11) is 0. The van der Waals surface area contributed by atoms with Crippen LogP contribution in [0.1, 0.15) is 17.9 Å². The second-order valence-electron chi connectivity index (χ2n) is 6.45. The number of aryl methyl sites for hydroxylation is 2. The minimum atomic E-state index is 0.608. The highest BCUT2D eigenvalue weighted by molar-refractivity contribution is 5.83. The van der Waals surface area contributed by atoms with Crippen molar-refractivity contribution in [1.82, 2.24) is 9.97 Å². The van der Waals surface area contributed by atoms with Crippen molar-refractivity contribution in [3.8, 4) is 23.0 Å². The Morgan fingerprint density at radius 2 is 1.67 bits per heavy atom. The molecule has 1 N–H and O–H groups in total. The van der Waals surface area contributed by atoms with Crippen LogP contribution >= 0.6 is 0 Å². The van der Waals surface area contributed by atoms with Crippen LogP contribution in [0.4, 0.5) is 0 Å². The van der Waals surface area contributed by atoms with E-state index in [0.717, 1.165) is 19.3 Å². The summed E-state index contributed by atoms with van der Waals surface area (Å²) >= 11 is 0. The fourth-order valence-electron chi connectivity index (χ4n) is 3.39. The number of rotatable bonds is 6. The number of hydrogen-bond donors (Lipinski definition) is 1. The van der Waals surface area contributed by atoms with E-state index in [9.17, 15) is 0 Å². The fraction of sp³-hybridized carbons (Fsp3) is 0.136. The number of para-hydroxylation sites is 1. The maximum absolute atomic E-state index is 6.02. The first-order valence-corrected chi connectivity index (χ1v) is 9.01. The lowest BCUT2D eigenvalue weighted by Gasteiger charge is -1.98. The number of fused-ring (bicyclic) bond motifs is 1. The van der Waals surface area contributed by atoms with E-state index in [1.165, 1.54) is 16.5 Å². The molecule has 0 saturated carbocycles. The summed E-state index contributed by atoms with van der Waals surface area (Å²) in [6, 6.07) is 15.8. The normalized spacial score (nSPS) is 11.4. The average Bonchev–Trinajstić information content (AvgIpc) is 3.47. The van der Waals surface area contributed by atoms with Gasteiger partial charge in [0.2, 0.25) is 5.76 Å². The molecule has 4 heterocycles. The SMILES string of the molecule is c1coc(-c2nc(CCCc3c[nH]c4ccccc34)oc2-c2ccco2)c1. The lowest BCUT2D eigenvalue weighted by atomic mass is 10.1. The molecule has 134 valence electrons. The number of benzene rings is 1. The van der Waals surface area contributed by atoms with Crippen LogP contribution in [-0.2, 0) is 12.8 Å². The Morgan fingerprint density at radius 1 is 0.852 bits per heavy atom. The number of aromatic nitrogens is 2. The van der Waals surface area contributed by atoms with Crippen LogP contribution in [0, 0.1) is 0 Å². The van der Waals surface area contributed by atoms with Crippen molar-refractivity contribution in [2.24, 2.45) is 0 Å². The van der Waals surface area contributed by atoms with Gasteiger partial charge in [-0.05, 0) is 48.7 Å². The molecular weight excluding hydrogens is 340 g/mol. The monoisotopic (exact) mass is 358 g/mol. The lowest BCUT2D eigenvalue weighted by Crippen LogP contribution is -1.89. The molecule has 0 aliphatic carbocycles. The van der Waals surface area contributed by atoms with E-state index in [2.05, 4.69) is 34.4 Å². The van der Waals surface area contributed by atoms with Crippen LogP contribution in [0.5, 0.6) is 0 Å². The quantitative estimate of drug-likeness (QED) is 0.413. The maximum atomic E-state index is 6.02. The number of oxazole rings is 1. The van der Waals surface area contributed by atoms with E-state index < -0.39 is 0 Å². The minimum Gasteiger partial charge on any atom is -0.463 e. The number of nitrogens with one attached hydrogen (secondary N) is 1. The second kappa shape index (κ2) is 6.68. The van der Waals surface area contributed by atoms with Gasteiger partial charge in [-0.25, -0.2) is 4.98 Å². The van der Waals surface area contributed by atoms with Crippen LogP contribution in [0.3, 0.4) is 0 Å². The molecule has 0 atom stereocenters. The van der Waals surface area contributed by atoms with Crippen molar-refractivity contribution in [2.75, 3.05) is 0 Å². The van der Waals surface area contributed by atoms with Crippen LogP contribution in [-0.4, -0.2) is 9.97 Å². The molecule has 0 bridgehead atoms. The highest BCUT2D eigenvalue weighted by atomic mass is 16.4. The molecule has 1 aromatic carbocycles. The topological polar surface area (TPSA) is 68.1 Å². The van der Waals surface area contributed by atoms with Crippen LogP contribution in [0.2, 0.25) is 0 Å². The highest BCUT2D eigenvalue weighted by Gasteiger charge is 2.20. The third-order valence-corrected chi connectivity index (χ3v) is 4.68. The summed E-state index contributed by atoms with van der Waals surface area (Å²) in [5.41, 5.74) is 3.16. The Hall–Kier alpha value is -3.47. The summed E-state index contributed by atoms with van der Waals surface area (Å²) in [5, 5.41) is 1.28. The van der Waals surface area contributed by atoms with Gasteiger partial charge in [0.15, 0.2) is 23.1 Å². The lowest BCUT2D eigenvalue weighted by molar-refractivity contribution is 0.476. The number of H-pyrrole nitrogens is 1. The van der Waals surface area contributed by atoms with E-state index in [0.29, 0.717) is 28.9 Å². The third-order valence-electron chi connectivity index (χ3n) is 4.68. The van der Waals surface area contributed by atoms with E-state index in [1.807, 2.05) is 30.3 Å². The zero-order valence-electron chi connectivity index (χ0n) is 14.6. The van der Waals surface area contributed by atoms with Gasteiger partial charge >= 0.3 is 0 Å². The van der Waals surface area contributed by atoms with Crippen molar-refractivity contribution in [3.63, 3.8) is 0 Å². The Morgan fingerprint density at radius 3 is 2.48 bits per heavy atom. The zero-order chi connectivity index (χ0) is 18.1. The molecule has 5 aromatic rings. The van der Waals surface area contributed by atoms with Gasteiger partial charge in [-0.1, -0.05) is 18.2 Å². The van der Waals surface area contributed by atoms with Gasteiger partial charge in [0.1, 0.15) is 0 Å². The summed E-state index contributed by atoms with van der Waals surface area (Å²) in [5.74, 6) is 2.62. The molecular formula is C22H18N2O3. The van der Waals surface area contributed by atoms with Crippen molar-refractivity contribution in [3.05, 3.63) is 78.7 Å². The summed E-state index contributed by atoms with van der Waals surface area (Å²) in [6.45, 7) is 0. The summed E-state index contributed by atoms with van der Waals surface area (Å²) in [6.07, 6.45) is 7.99. The molecule has 0 fully saturated rings. The molecule has 5 nitrogen and oxygen atoms in total. The second-order valence-corrected chi connectivity index (χ2v) is 6.45. The van der Waals surface area contributed by atoms with Crippen molar-refractivity contribution < 1.29 is 13.3 Å². The largest absolute Gasteiger partial charge is 0.463 e. The zero-order valence-corrected chi connectivity index (χ0v) is 14.6.